The molecule has 0 saturated carbocycles. The summed E-state index contributed by atoms with van der Waals surface area (Å²) in [6.07, 6.45) is 0.962. The van der Waals surface area contributed by atoms with E-state index in [0.717, 1.165) is 22.2 Å². The van der Waals surface area contributed by atoms with Crippen LogP contribution in [-0.2, 0) is 21.4 Å². The standard InChI is InChI=1S/C18H21FN2O4S/c1-25-17-9-4-3-6-14(17)13-20-18(22)10-11-21(26(2,23)24)16-8-5-7-15(19)12-16/h3-9,12H,10-11,13H2,1-2H3,(H,20,22). The molecule has 0 aromatic heterocycles. The van der Waals surface area contributed by atoms with E-state index >= 15 is 0 Å². The summed E-state index contributed by atoms with van der Waals surface area (Å²) in [5.41, 5.74) is 0.999. The number of carbonyl (C=O) groups excluding carboxylic acids is 1. The molecule has 2 rings (SSSR count). The maximum atomic E-state index is 13.4. The third-order valence-electron chi connectivity index (χ3n) is 3.71. The average molecular weight is 380 g/mol. The summed E-state index contributed by atoms with van der Waals surface area (Å²) < 4.78 is 43.6. The van der Waals surface area contributed by atoms with Gasteiger partial charge in [0.2, 0.25) is 15.9 Å². The lowest BCUT2D eigenvalue weighted by atomic mass is 10.2. The van der Waals surface area contributed by atoms with E-state index in [-0.39, 0.29) is 31.1 Å². The Kier molecular flexibility index (Phi) is 6.57. The molecule has 2 aromatic rings. The van der Waals surface area contributed by atoms with Crippen LogP contribution >= 0.6 is 0 Å². The van der Waals surface area contributed by atoms with Crippen LogP contribution in [0.5, 0.6) is 5.75 Å². The molecule has 0 aliphatic rings. The summed E-state index contributed by atoms with van der Waals surface area (Å²) in [5.74, 6) is -0.206. The van der Waals surface area contributed by atoms with Gasteiger partial charge < -0.3 is 10.1 Å². The monoisotopic (exact) mass is 380 g/mol. The lowest BCUT2D eigenvalue weighted by Crippen LogP contribution is -2.34. The maximum absolute atomic E-state index is 13.4. The van der Waals surface area contributed by atoms with Gasteiger partial charge in [-0.2, -0.15) is 0 Å². The van der Waals surface area contributed by atoms with Crippen molar-refractivity contribution in [3.63, 3.8) is 0 Å². The van der Waals surface area contributed by atoms with Crippen LogP contribution in [0.1, 0.15) is 12.0 Å². The van der Waals surface area contributed by atoms with Crippen LogP contribution in [0, 0.1) is 5.82 Å². The fourth-order valence-electron chi connectivity index (χ4n) is 2.45. The molecule has 0 unspecified atom stereocenters. The van der Waals surface area contributed by atoms with E-state index in [1.807, 2.05) is 18.2 Å². The lowest BCUT2D eigenvalue weighted by molar-refractivity contribution is -0.121. The first-order valence-electron chi connectivity index (χ1n) is 7.93. The van der Waals surface area contributed by atoms with Gasteiger partial charge in [0.1, 0.15) is 11.6 Å². The molecule has 0 aliphatic heterocycles. The van der Waals surface area contributed by atoms with Gasteiger partial charge in [0.15, 0.2) is 0 Å². The molecular formula is C18H21FN2O4S. The molecule has 1 N–H and O–H groups in total. The Morgan fingerprint density at radius 1 is 1.19 bits per heavy atom. The van der Waals surface area contributed by atoms with Crippen molar-refractivity contribution >= 4 is 21.6 Å². The van der Waals surface area contributed by atoms with E-state index in [4.69, 9.17) is 4.74 Å². The first kappa shape index (κ1) is 19.7. The number of benzene rings is 2. The number of rotatable bonds is 8. The normalized spacial score (nSPS) is 11.0. The minimum Gasteiger partial charge on any atom is -0.496 e. The van der Waals surface area contributed by atoms with E-state index in [1.165, 1.54) is 18.2 Å². The molecule has 0 atom stereocenters. The Balaban J connectivity index is 1.99. The number of para-hydroxylation sites is 1. The highest BCUT2D eigenvalue weighted by atomic mass is 32.2. The molecular weight excluding hydrogens is 359 g/mol. The molecule has 0 radical (unpaired) electrons. The van der Waals surface area contributed by atoms with E-state index in [0.29, 0.717) is 5.75 Å². The van der Waals surface area contributed by atoms with Gasteiger partial charge >= 0.3 is 0 Å². The molecule has 140 valence electrons. The molecule has 0 heterocycles. The number of carbonyl (C=O) groups is 1. The van der Waals surface area contributed by atoms with Crippen molar-refractivity contribution < 1.29 is 22.3 Å². The van der Waals surface area contributed by atoms with Gasteiger partial charge in [0.05, 0.1) is 19.1 Å². The summed E-state index contributed by atoms with van der Waals surface area (Å²) in [7, 11) is -2.10. The van der Waals surface area contributed by atoms with Crippen LogP contribution in [0.2, 0.25) is 0 Å². The minimum absolute atomic E-state index is 0.0568. The molecule has 1 amide bonds. The van der Waals surface area contributed by atoms with Gasteiger partial charge in [-0.15, -0.1) is 0 Å². The number of nitrogens with one attached hydrogen (secondary N) is 1. The Hall–Kier alpha value is -2.61. The van der Waals surface area contributed by atoms with Gasteiger partial charge in [0.25, 0.3) is 0 Å². The maximum Gasteiger partial charge on any atom is 0.232 e. The Morgan fingerprint density at radius 2 is 1.92 bits per heavy atom. The van der Waals surface area contributed by atoms with Crippen molar-refractivity contribution in [2.45, 2.75) is 13.0 Å². The van der Waals surface area contributed by atoms with Gasteiger partial charge in [0, 0.05) is 25.1 Å². The number of amides is 1. The number of methoxy groups -OCH3 is 1. The van der Waals surface area contributed by atoms with E-state index in [2.05, 4.69) is 5.32 Å². The van der Waals surface area contributed by atoms with Crippen LogP contribution in [0.3, 0.4) is 0 Å². The topological polar surface area (TPSA) is 75.7 Å². The van der Waals surface area contributed by atoms with E-state index < -0.39 is 15.8 Å². The van der Waals surface area contributed by atoms with Gasteiger partial charge in [-0.05, 0) is 24.3 Å². The third kappa shape index (κ3) is 5.45. The third-order valence-corrected chi connectivity index (χ3v) is 4.90. The van der Waals surface area contributed by atoms with Gasteiger partial charge in [-0.25, -0.2) is 12.8 Å². The fourth-order valence-corrected chi connectivity index (χ4v) is 3.37. The first-order chi connectivity index (χ1) is 12.3. The van der Waals surface area contributed by atoms with Crippen molar-refractivity contribution in [1.29, 1.82) is 0 Å². The quantitative estimate of drug-likeness (QED) is 0.763. The molecule has 0 saturated heterocycles. The summed E-state index contributed by atoms with van der Waals surface area (Å²) in [4.78, 5) is 12.1. The van der Waals surface area contributed by atoms with Crippen LogP contribution in [-0.4, -0.2) is 34.2 Å². The first-order valence-corrected chi connectivity index (χ1v) is 9.78. The van der Waals surface area contributed by atoms with Crippen LogP contribution in [0.15, 0.2) is 48.5 Å². The summed E-state index contributed by atoms with van der Waals surface area (Å²) in [5, 5.41) is 2.73. The molecule has 0 fully saturated rings. The van der Waals surface area contributed by atoms with Crippen LogP contribution < -0.4 is 14.4 Å². The van der Waals surface area contributed by atoms with Crippen molar-refractivity contribution in [1.82, 2.24) is 5.32 Å². The second kappa shape index (κ2) is 8.66. The molecule has 2 aromatic carbocycles. The minimum atomic E-state index is -3.64. The number of sulfonamides is 1. The van der Waals surface area contributed by atoms with Gasteiger partial charge in [-0.3, -0.25) is 9.10 Å². The number of halogens is 1. The van der Waals surface area contributed by atoms with E-state index in [9.17, 15) is 17.6 Å². The lowest BCUT2D eigenvalue weighted by Gasteiger charge is -2.22. The SMILES string of the molecule is COc1ccccc1CNC(=O)CCN(c1cccc(F)c1)S(C)(=O)=O. The second-order valence-corrected chi connectivity index (χ2v) is 7.56. The molecule has 26 heavy (non-hydrogen) atoms. The number of anilines is 1. The van der Waals surface area contributed by atoms with Crippen molar-refractivity contribution in [2.75, 3.05) is 24.2 Å². The fraction of sp³-hybridized carbons (Fsp3) is 0.278. The smallest absolute Gasteiger partial charge is 0.232 e. The average Bonchev–Trinajstić information content (AvgIpc) is 2.59. The van der Waals surface area contributed by atoms with Gasteiger partial charge in [-0.1, -0.05) is 24.3 Å². The van der Waals surface area contributed by atoms with Crippen molar-refractivity contribution in [3.05, 3.63) is 59.9 Å². The Bertz CT molecular complexity index is 871. The van der Waals surface area contributed by atoms with Crippen molar-refractivity contribution in [3.8, 4) is 5.75 Å². The molecule has 0 bridgehead atoms. The number of hydrogen-bond acceptors (Lipinski definition) is 4. The zero-order valence-corrected chi connectivity index (χ0v) is 15.4. The zero-order valence-electron chi connectivity index (χ0n) is 14.6. The molecule has 8 heteroatoms. The highest BCUT2D eigenvalue weighted by Crippen LogP contribution is 2.19. The summed E-state index contributed by atoms with van der Waals surface area (Å²) >= 11 is 0. The molecule has 0 aliphatic carbocycles. The highest BCUT2D eigenvalue weighted by molar-refractivity contribution is 7.92. The summed E-state index contributed by atoms with van der Waals surface area (Å²) in [6, 6.07) is 12.5. The number of ether oxygens (including phenoxy) is 1. The van der Waals surface area contributed by atoms with Crippen molar-refractivity contribution in [2.24, 2.45) is 0 Å². The predicted molar refractivity (Wildman–Crippen MR) is 98.0 cm³/mol. The largest absolute Gasteiger partial charge is 0.496 e. The second-order valence-electron chi connectivity index (χ2n) is 5.65. The molecule has 0 spiro atoms. The Morgan fingerprint density at radius 3 is 2.58 bits per heavy atom. The molecule has 6 nitrogen and oxygen atoms in total. The van der Waals surface area contributed by atoms with E-state index in [1.54, 1.807) is 13.2 Å². The number of nitrogens with zero attached hydrogens (tertiary/aromatic N) is 1. The highest BCUT2D eigenvalue weighted by Gasteiger charge is 2.19. The summed E-state index contributed by atoms with van der Waals surface area (Å²) in [6.45, 7) is 0.182. The van der Waals surface area contributed by atoms with Crippen LogP contribution in [0.4, 0.5) is 10.1 Å². The predicted octanol–water partition coefficient (Wildman–Crippen LogP) is 2.31. The van der Waals surface area contributed by atoms with Crippen LogP contribution in [0.25, 0.3) is 0 Å². The Labute approximate surface area is 152 Å². The number of hydrogen-bond donors (Lipinski definition) is 1. The zero-order chi connectivity index (χ0) is 19.2.